The van der Waals surface area contributed by atoms with Gasteiger partial charge in [0.15, 0.2) is 0 Å². The molecule has 1 aliphatic rings. The van der Waals surface area contributed by atoms with E-state index in [0.29, 0.717) is 23.4 Å². The monoisotopic (exact) mass is 428 g/mol. The summed E-state index contributed by atoms with van der Waals surface area (Å²) in [6.45, 7) is 2.45. The van der Waals surface area contributed by atoms with Crippen LogP contribution in [0.5, 0.6) is 0 Å². The van der Waals surface area contributed by atoms with Crippen molar-refractivity contribution in [1.82, 2.24) is 16.0 Å². The molecular formula is C22H25FN4O4. The Balaban J connectivity index is 1.66. The van der Waals surface area contributed by atoms with Crippen molar-refractivity contribution in [2.45, 2.75) is 19.6 Å². The quantitative estimate of drug-likeness (QED) is 0.595. The molecule has 1 aliphatic heterocycles. The van der Waals surface area contributed by atoms with Gasteiger partial charge in [0.25, 0.3) is 0 Å². The van der Waals surface area contributed by atoms with E-state index in [4.69, 9.17) is 4.74 Å². The van der Waals surface area contributed by atoms with Crippen molar-refractivity contribution >= 4 is 23.6 Å². The van der Waals surface area contributed by atoms with Crippen molar-refractivity contribution < 1.29 is 23.5 Å². The highest BCUT2D eigenvalue weighted by Crippen LogP contribution is 2.29. The van der Waals surface area contributed by atoms with Crippen LogP contribution in [0.3, 0.4) is 0 Å². The molecular weight excluding hydrogens is 403 g/mol. The van der Waals surface area contributed by atoms with Crippen molar-refractivity contribution in [1.29, 1.82) is 0 Å². The second-order valence-electron chi connectivity index (χ2n) is 7.22. The van der Waals surface area contributed by atoms with Gasteiger partial charge < -0.3 is 20.7 Å². The van der Waals surface area contributed by atoms with E-state index < -0.39 is 18.0 Å². The lowest BCUT2D eigenvalue weighted by atomic mass is 10.0. The van der Waals surface area contributed by atoms with Gasteiger partial charge in [0.2, 0.25) is 11.8 Å². The third-order valence-corrected chi connectivity index (χ3v) is 4.81. The molecule has 3 N–H and O–H groups in total. The minimum Gasteiger partial charge on any atom is -0.442 e. The molecule has 1 heterocycles. The van der Waals surface area contributed by atoms with E-state index in [9.17, 15) is 18.8 Å². The molecule has 0 unspecified atom stereocenters. The van der Waals surface area contributed by atoms with Crippen LogP contribution in [0.2, 0.25) is 0 Å². The van der Waals surface area contributed by atoms with Crippen molar-refractivity contribution in [3.05, 3.63) is 53.8 Å². The zero-order valence-electron chi connectivity index (χ0n) is 17.4. The van der Waals surface area contributed by atoms with E-state index in [-0.39, 0.29) is 31.4 Å². The summed E-state index contributed by atoms with van der Waals surface area (Å²) in [6.07, 6.45) is -1.06. The SMILES string of the molecule is CNCC(=O)NCc1ccc(-c2ccc(N3C[C@H](CNC(C)=O)OC3=O)cc2F)cc1. The maximum Gasteiger partial charge on any atom is 0.414 e. The molecule has 0 aromatic heterocycles. The molecule has 3 rings (SSSR count). The Hall–Kier alpha value is -3.46. The van der Waals surface area contributed by atoms with E-state index in [0.717, 1.165) is 5.56 Å². The Kier molecular flexibility index (Phi) is 7.19. The lowest BCUT2D eigenvalue weighted by Crippen LogP contribution is -2.33. The third-order valence-electron chi connectivity index (χ3n) is 4.81. The number of rotatable bonds is 8. The number of hydrogen-bond acceptors (Lipinski definition) is 5. The normalized spacial score (nSPS) is 15.5. The smallest absolute Gasteiger partial charge is 0.414 e. The number of amides is 3. The fourth-order valence-corrected chi connectivity index (χ4v) is 3.23. The Morgan fingerprint density at radius 2 is 1.90 bits per heavy atom. The van der Waals surface area contributed by atoms with Crippen LogP contribution < -0.4 is 20.9 Å². The van der Waals surface area contributed by atoms with Crippen molar-refractivity contribution in [2.75, 3.05) is 31.6 Å². The first-order valence-electron chi connectivity index (χ1n) is 9.90. The number of carbonyl (C=O) groups is 3. The number of likely N-dealkylation sites (N-methyl/N-ethyl adjacent to an activating group) is 1. The number of nitrogens with zero attached hydrogens (tertiary/aromatic N) is 1. The summed E-state index contributed by atoms with van der Waals surface area (Å²) in [5, 5.41) is 8.17. The first-order valence-corrected chi connectivity index (χ1v) is 9.90. The maximum atomic E-state index is 14.8. The number of benzene rings is 2. The number of nitrogens with one attached hydrogen (secondary N) is 3. The number of ether oxygens (including phenoxy) is 1. The van der Waals surface area contributed by atoms with Crippen LogP contribution in [0.15, 0.2) is 42.5 Å². The molecule has 2 aromatic rings. The van der Waals surface area contributed by atoms with E-state index in [1.54, 1.807) is 31.3 Å². The van der Waals surface area contributed by atoms with Gasteiger partial charge >= 0.3 is 6.09 Å². The summed E-state index contributed by atoms with van der Waals surface area (Å²) in [5.41, 5.74) is 2.37. The van der Waals surface area contributed by atoms with Crippen LogP contribution in [0.4, 0.5) is 14.9 Å². The van der Waals surface area contributed by atoms with Crippen LogP contribution in [0, 0.1) is 5.82 Å². The molecule has 31 heavy (non-hydrogen) atoms. The second kappa shape index (κ2) is 10.0. The van der Waals surface area contributed by atoms with Gasteiger partial charge in [-0.15, -0.1) is 0 Å². The van der Waals surface area contributed by atoms with Gasteiger partial charge in [-0.2, -0.15) is 0 Å². The number of carbonyl (C=O) groups excluding carboxylic acids is 3. The molecule has 2 aromatic carbocycles. The van der Waals surface area contributed by atoms with E-state index in [2.05, 4.69) is 16.0 Å². The number of hydrogen-bond donors (Lipinski definition) is 3. The molecule has 8 nitrogen and oxygen atoms in total. The summed E-state index contributed by atoms with van der Waals surface area (Å²) in [7, 11) is 1.70. The van der Waals surface area contributed by atoms with Crippen molar-refractivity contribution in [2.24, 2.45) is 0 Å². The summed E-state index contributed by atoms with van der Waals surface area (Å²) in [5.74, 6) is -0.782. The van der Waals surface area contributed by atoms with Gasteiger partial charge in [-0.05, 0) is 36.4 Å². The van der Waals surface area contributed by atoms with Gasteiger partial charge in [0.1, 0.15) is 11.9 Å². The molecule has 3 amide bonds. The molecule has 0 aliphatic carbocycles. The summed E-state index contributed by atoms with van der Waals surface area (Å²) < 4.78 is 20.0. The predicted molar refractivity (Wildman–Crippen MR) is 114 cm³/mol. The fourth-order valence-electron chi connectivity index (χ4n) is 3.23. The average molecular weight is 428 g/mol. The van der Waals surface area contributed by atoms with Gasteiger partial charge in [-0.1, -0.05) is 24.3 Å². The Labute approximate surface area is 179 Å². The molecule has 9 heteroatoms. The van der Waals surface area contributed by atoms with Crippen molar-refractivity contribution in [3.8, 4) is 11.1 Å². The Morgan fingerprint density at radius 3 is 2.55 bits per heavy atom. The highest BCUT2D eigenvalue weighted by molar-refractivity contribution is 5.90. The van der Waals surface area contributed by atoms with E-state index in [1.165, 1.54) is 17.9 Å². The molecule has 0 spiro atoms. The Morgan fingerprint density at radius 1 is 1.16 bits per heavy atom. The second-order valence-corrected chi connectivity index (χ2v) is 7.22. The number of halogens is 1. The molecule has 1 fully saturated rings. The maximum absolute atomic E-state index is 14.8. The zero-order valence-corrected chi connectivity index (χ0v) is 17.4. The van der Waals surface area contributed by atoms with Gasteiger partial charge in [0.05, 0.1) is 25.3 Å². The first-order chi connectivity index (χ1) is 14.9. The summed E-state index contributed by atoms with van der Waals surface area (Å²) in [4.78, 5) is 36.0. The van der Waals surface area contributed by atoms with Crippen LogP contribution in [0.1, 0.15) is 12.5 Å². The lowest BCUT2D eigenvalue weighted by molar-refractivity contribution is -0.120. The van der Waals surface area contributed by atoms with E-state index >= 15 is 0 Å². The van der Waals surface area contributed by atoms with Crippen LogP contribution in [-0.2, 0) is 20.9 Å². The average Bonchev–Trinajstić information content (AvgIpc) is 3.12. The standard InChI is InChI=1S/C22H25FN4O4/c1-14(28)25-11-18-13-27(22(30)31-18)17-7-8-19(20(23)9-17)16-5-3-15(4-6-16)10-26-21(29)12-24-2/h3-9,18,24H,10-13H2,1-2H3,(H,25,28)(H,26,29)/t18-/m0/s1. The van der Waals surface area contributed by atoms with Gasteiger partial charge in [-0.25, -0.2) is 9.18 Å². The molecule has 1 atom stereocenters. The first kappa shape index (κ1) is 22.2. The summed E-state index contributed by atoms with van der Waals surface area (Å²) >= 11 is 0. The minimum atomic E-state index is -0.577. The van der Waals surface area contributed by atoms with Crippen LogP contribution >= 0.6 is 0 Å². The number of anilines is 1. The van der Waals surface area contributed by atoms with E-state index in [1.807, 2.05) is 12.1 Å². The third kappa shape index (κ3) is 5.79. The Bertz CT molecular complexity index is 964. The fraction of sp³-hybridized carbons (Fsp3) is 0.318. The van der Waals surface area contributed by atoms with Gasteiger partial charge in [0, 0.05) is 19.0 Å². The van der Waals surface area contributed by atoms with Crippen LogP contribution in [0.25, 0.3) is 11.1 Å². The molecule has 0 saturated carbocycles. The van der Waals surface area contributed by atoms with Crippen LogP contribution in [-0.4, -0.2) is 50.7 Å². The molecule has 1 saturated heterocycles. The lowest BCUT2D eigenvalue weighted by Gasteiger charge is -2.15. The molecule has 0 bridgehead atoms. The molecule has 0 radical (unpaired) electrons. The zero-order chi connectivity index (χ0) is 22.4. The highest BCUT2D eigenvalue weighted by Gasteiger charge is 2.32. The predicted octanol–water partition coefficient (Wildman–Crippen LogP) is 1.79. The summed E-state index contributed by atoms with van der Waals surface area (Å²) in [6, 6.07) is 11.8. The largest absolute Gasteiger partial charge is 0.442 e. The number of cyclic esters (lactones) is 1. The topological polar surface area (TPSA) is 99.8 Å². The van der Waals surface area contributed by atoms with Gasteiger partial charge in [-0.3, -0.25) is 14.5 Å². The minimum absolute atomic E-state index is 0.104. The molecule has 164 valence electrons. The van der Waals surface area contributed by atoms with Crippen molar-refractivity contribution in [3.63, 3.8) is 0 Å². The highest BCUT2D eigenvalue weighted by atomic mass is 19.1.